The van der Waals surface area contributed by atoms with Crippen LogP contribution in [0.1, 0.15) is 12.0 Å². The van der Waals surface area contributed by atoms with Gasteiger partial charge in [-0.3, -0.25) is 14.9 Å². The van der Waals surface area contributed by atoms with Crippen molar-refractivity contribution >= 4 is 28.7 Å². The highest BCUT2D eigenvalue weighted by Crippen LogP contribution is 2.36. The number of aliphatic carboxylic acids is 1. The molecular formula is C15H16N4O8. The van der Waals surface area contributed by atoms with E-state index < -0.39 is 34.5 Å². The Kier molecular flexibility index (Phi) is 5.40. The predicted molar refractivity (Wildman–Crippen MR) is 89.4 cm³/mol. The minimum atomic E-state index is -2.25. The van der Waals surface area contributed by atoms with Crippen molar-refractivity contribution in [3.8, 4) is 11.8 Å². The molecule has 0 fully saturated rings. The highest BCUT2D eigenvalue weighted by Gasteiger charge is 2.43. The number of nitrogens with zero attached hydrogens (tertiary/aromatic N) is 3. The lowest BCUT2D eigenvalue weighted by atomic mass is 9.86. The van der Waals surface area contributed by atoms with Gasteiger partial charge in [0.2, 0.25) is 0 Å². The molecular weight excluding hydrogens is 364 g/mol. The van der Waals surface area contributed by atoms with E-state index in [0.717, 1.165) is 19.2 Å². The minimum absolute atomic E-state index is 0.0408. The van der Waals surface area contributed by atoms with E-state index in [0.29, 0.717) is 0 Å². The quantitative estimate of drug-likeness (QED) is 0.385. The molecule has 1 atom stereocenters. The Bertz CT molecular complexity index is 932. The first kappa shape index (κ1) is 19.8. The average molecular weight is 380 g/mol. The van der Waals surface area contributed by atoms with E-state index in [1.165, 1.54) is 14.2 Å². The number of rotatable bonds is 7. The molecule has 1 unspecified atom stereocenters. The molecule has 0 spiro atoms. The number of fused-ring (bicyclic) bond motifs is 1. The molecule has 27 heavy (non-hydrogen) atoms. The van der Waals surface area contributed by atoms with E-state index in [-0.39, 0.29) is 28.4 Å². The third kappa shape index (κ3) is 3.55. The fourth-order valence-corrected chi connectivity index (χ4v) is 2.52. The van der Waals surface area contributed by atoms with Gasteiger partial charge in [0.25, 0.3) is 17.4 Å². The van der Waals surface area contributed by atoms with Crippen LogP contribution in [-0.4, -0.2) is 53.3 Å². The summed E-state index contributed by atoms with van der Waals surface area (Å²) in [5.41, 5.74) is 2.99. The molecule has 0 aliphatic heterocycles. The number of nitro benzene ring substituents is 1. The number of nitrogens with two attached hydrogens (primary N) is 1. The fraction of sp³-hybridized carbons (Fsp3) is 0.333. The number of nitro groups is 1. The van der Waals surface area contributed by atoms with Crippen molar-refractivity contribution in [3.05, 3.63) is 27.8 Å². The van der Waals surface area contributed by atoms with Crippen LogP contribution in [0, 0.1) is 10.1 Å². The lowest BCUT2D eigenvalue weighted by Crippen LogP contribution is -2.47. The summed E-state index contributed by atoms with van der Waals surface area (Å²) in [6, 6.07) is 2.05. The van der Waals surface area contributed by atoms with E-state index in [4.69, 9.17) is 15.2 Å². The largest absolute Gasteiger partial charge is 0.481 e. The molecule has 1 heterocycles. The van der Waals surface area contributed by atoms with Crippen molar-refractivity contribution in [1.29, 1.82) is 0 Å². The number of aromatic nitrogens is 2. The lowest BCUT2D eigenvalue weighted by molar-refractivity contribution is -0.384. The Labute approximate surface area is 152 Å². The van der Waals surface area contributed by atoms with Crippen molar-refractivity contribution in [2.24, 2.45) is 5.73 Å². The molecule has 0 saturated carbocycles. The third-order valence-electron chi connectivity index (χ3n) is 3.75. The van der Waals surface area contributed by atoms with Crippen LogP contribution in [0.25, 0.3) is 11.0 Å². The predicted octanol–water partition coefficient (Wildman–Crippen LogP) is 0.357. The SMILES string of the molecule is COC(=O)C(N)(CC(=O)O)c1cc([N+](=O)[O-])cc2nc(OC)c(OC)nc12. The van der Waals surface area contributed by atoms with Gasteiger partial charge in [-0.05, 0) is 0 Å². The highest BCUT2D eigenvalue weighted by molar-refractivity contribution is 5.94. The number of hydrogen-bond acceptors (Lipinski definition) is 10. The standard InChI is InChI=1S/C15H16N4O8/c1-25-12-13(26-2)18-11-8(4-7(19(23)24)5-9(11)17-12)15(16,6-10(20)21)14(22)27-3/h4-5H,6,16H2,1-3H3,(H,20,21). The van der Waals surface area contributed by atoms with Gasteiger partial charge in [0, 0.05) is 17.7 Å². The molecule has 2 rings (SSSR count). The Morgan fingerprint density at radius 2 is 1.81 bits per heavy atom. The second-order valence-corrected chi connectivity index (χ2v) is 5.39. The highest BCUT2D eigenvalue weighted by atomic mass is 16.6. The van der Waals surface area contributed by atoms with Gasteiger partial charge in [-0.1, -0.05) is 0 Å². The molecule has 0 aliphatic rings. The van der Waals surface area contributed by atoms with Gasteiger partial charge in [-0.2, -0.15) is 0 Å². The minimum Gasteiger partial charge on any atom is -0.481 e. The van der Waals surface area contributed by atoms with Crippen LogP contribution in [-0.2, 0) is 19.9 Å². The Morgan fingerprint density at radius 1 is 1.22 bits per heavy atom. The van der Waals surface area contributed by atoms with Gasteiger partial charge < -0.3 is 25.1 Å². The number of carbonyl (C=O) groups is 2. The van der Waals surface area contributed by atoms with Crippen LogP contribution in [0.4, 0.5) is 5.69 Å². The van der Waals surface area contributed by atoms with E-state index in [9.17, 15) is 24.8 Å². The third-order valence-corrected chi connectivity index (χ3v) is 3.75. The average Bonchev–Trinajstić information content (AvgIpc) is 2.64. The first-order chi connectivity index (χ1) is 12.7. The van der Waals surface area contributed by atoms with E-state index in [2.05, 4.69) is 14.7 Å². The number of carboxylic acid groups (broad SMARTS) is 1. The molecule has 2 aromatic rings. The Hall–Kier alpha value is -3.54. The molecule has 0 radical (unpaired) electrons. The van der Waals surface area contributed by atoms with Crippen molar-refractivity contribution < 1.29 is 33.8 Å². The zero-order valence-corrected chi connectivity index (χ0v) is 14.6. The van der Waals surface area contributed by atoms with Gasteiger partial charge in [0.1, 0.15) is 5.52 Å². The summed E-state index contributed by atoms with van der Waals surface area (Å²) in [7, 11) is 3.60. The fourth-order valence-electron chi connectivity index (χ4n) is 2.52. The zero-order chi connectivity index (χ0) is 20.4. The lowest BCUT2D eigenvalue weighted by Gasteiger charge is -2.26. The van der Waals surface area contributed by atoms with Gasteiger partial charge in [-0.15, -0.1) is 0 Å². The maximum atomic E-state index is 12.3. The van der Waals surface area contributed by atoms with Crippen LogP contribution in [0.3, 0.4) is 0 Å². The topological polar surface area (TPSA) is 177 Å². The van der Waals surface area contributed by atoms with E-state index >= 15 is 0 Å². The zero-order valence-electron chi connectivity index (χ0n) is 14.6. The van der Waals surface area contributed by atoms with E-state index in [1.54, 1.807) is 0 Å². The van der Waals surface area contributed by atoms with Crippen LogP contribution in [0.2, 0.25) is 0 Å². The summed E-state index contributed by atoms with van der Waals surface area (Å²) >= 11 is 0. The number of hydrogen-bond donors (Lipinski definition) is 2. The summed E-state index contributed by atoms with van der Waals surface area (Å²) in [5.74, 6) is -2.67. The summed E-state index contributed by atoms with van der Waals surface area (Å²) < 4.78 is 14.7. The van der Waals surface area contributed by atoms with Crippen molar-refractivity contribution in [2.45, 2.75) is 12.0 Å². The molecule has 0 saturated heterocycles. The van der Waals surface area contributed by atoms with Crippen LogP contribution >= 0.6 is 0 Å². The Balaban J connectivity index is 2.95. The molecule has 144 valence electrons. The normalized spacial score (nSPS) is 12.9. The first-order valence-electron chi connectivity index (χ1n) is 7.35. The van der Waals surface area contributed by atoms with Gasteiger partial charge in [0.15, 0.2) is 5.54 Å². The van der Waals surface area contributed by atoms with Crippen molar-refractivity contribution in [3.63, 3.8) is 0 Å². The number of carbonyl (C=O) groups excluding carboxylic acids is 1. The Morgan fingerprint density at radius 3 is 2.30 bits per heavy atom. The molecule has 0 bridgehead atoms. The first-order valence-corrected chi connectivity index (χ1v) is 7.35. The van der Waals surface area contributed by atoms with Crippen LogP contribution in [0.15, 0.2) is 12.1 Å². The maximum absolute atomic E-state index is 12.3. The molecule has 12 nitrogen and oxygen atoms in total. The number of carboxylic acids is 1. The van der Waals surface area contributed by atoms with Crippen LogP contribution < -0.4 is 15.2 Å². The molecule has 0 aliphatic carbocycles. The van der Waals surface area contributed by atoms with Gasteiger partial charge in [0.05, 0.1) is 38.2 Å². The van der Waals surface area contributed by atoms with Gasteiger partial charge in [-0.25, -0.2) is 14.8 Å². The van der Waals surface area contributed by atoms with Crippen molar-refractivity contribution in [2.75, 3.05) is 21.3 Å². The smallest absolute Gasteiger partial charge is 0.331 e. The van der Waals surface area contributed by atoms with Crippen molar-refractivity contribution in [1.82, 2.24) is 9.97 Å². The number of ether oxygens (including phenoxy) is 3. The summed E-state index contributed by atoms with van der Waals surface area (Å²) in [6.07, 6.45) is -0.897. The summed E-state index contributed by atoms with van der Waals surface area (Å²) in [6.45, 7) is 0. The number of methoxy groups -OCH3 is 3. The molecule has 0 amide bonds. The second-order valence-electron chi connectivity index (χ2n) is 5.39. The summed E-state index contributed by atoms with van der Waals surface area (Å²) in [5, 5.41) is 20.5. The summed E-state index contributed by atoms with van der Waals surface area (Å²) in [4.78, 5) is 42.3. The maximum Gasteiger partial charge on any atom is 0.331 e. The molecule has 3 N–H and O–H groups in total. The molecule has 12 heteroatoms. The van der Waals surface area contributed by atoms with Crippen LogP contribution in [0.5, 0.6) is 11.8 Å². The van der Waals surface area contributed by atoms with Gasteiger partial charge >= 0.3 is 11.9 Å². The number of non-ortho nitro benzene ring substituents is 1. The monoisotopic (exact) mass is 380 g/mol. The molecule has 1 aromatic carbocycles. The second kappa shape index (κ2) is 7.37. The molecule has 1 aromatic heterocycles. The number of benzene rings is 1. The van der Waals surface area contributed by atoms with E-state index in [1.807, 2.05) is 0 Å². The number of esters is 1.